The van der Waals surface area contributed by atoms with Gasteiger partial charge in [-0.2, -0.15) is 5.10 Å². The number of aromatic nitrogens is 2. The summed E-state index contributed by atoms with van der Waals surface area (Å²) in [5, 5.41) is 15.6. The van der Waals surface area contributed by atoms with Crippen LogP contribution in [0.5, 0.6) is 5.75 Å². The number of aliphatic carboxylic acids is 1. The summed E-state index contributed by atoms with van der Waals surface area (Å²) in [6.07, 6.45) is 0.900. The van der Waals surface area contributed by atoms with Crippen LogP contribution in [-0.4, -0.2) is 27.4 Å². The van der Waals surface area contributed by atoms with Gasteiger partial charge in [0.15, 0.2) is 6.10 Å². The van der Waals surface area contributed by atoms with E-state index >= 15 is 0 Å². The number of ether oxygens (including phenoxy) is 1. The SMILES string of the molecule is Cc1[nH]ncc1-c1ccc(OC(C)C(=O)O)cc1. The van der Waals surface area contributed by atoms with E-state index in [0.29, 0.717) is 5.75 Å². The molecule has 0 aliphatic rings. The number of benzene rings is 1. The van der Waals surface area contributed by atoms with Gasteiger partial charge in [0, 0.05) is 11.3 Å². The molecule has 2 aromatic rings. The average molecular weight is 246 g/mol. The van der Waals surface area contributed by atoms with Crippen molar-refractivity contribution in [2.24, 2.45) is 0 Å². The lowest BCUT2D eigenvalue weighted by atomic mass is 10.1. The number of rotatable bonds is 4. The summed E-state index contributed by atoms with van der Waals surface area (Å²) in [6.45, 7) is 3.44. The molecule has 2 N–H and O–H groups in total. The normalized spacial score (nSPS) is 12.1. The van der Waals surface area contributed by atoms with Gasteiger partial charge in [-0.1, -0.05) is 12.1 Å². The summed E-state index contributed by atoms with van der Waals surface area (Å²) in [5.74, 6) is -0.445. The fraction of sp³-hybridized carbons (Fsp3) is 0.231. The minimum Gasteiger partial charge on any atom is -0.479 e. The summed E-state index contributed by atoms with van der Waals surface area (Å²) in [7, 11) is 0. The molecule has 0 aliphatic heterocycles. The minimum atomic E-state index is -0.982. The molecule has 0 aliphatic carbocycles. The highest BCUT2D eigenvalue weighted by molar-refractivity contribution is 5.72. The van der Waals surface area contributed by atoms with Gasteiger partial charge in [-0.05, 0) is 31.5 Å². The molecule has 18 heavy (non-hydrogen) atoms. The molecule has 0 spiro atoms. The molecular weight excluding hydrogens is 232 g/mol. The summed E-state index contributed by atoms with van der Waals surface area (Å²) in [5.41, 5.74) is 3.02. The monoisotopic (exact) mass is 246 g/mol. The Morgan fingerprint density at radius 3 is 2.56 bits per heavy atom. The second-order valence-electron chi connectivity index (χ2n) is 4.03. The number of carboxylic acids is 1. The smallest absolute Gasteiger partial charge is 0.344 e. The topological polar surface area (TPSA) is 75.2 Å². The zero-order valence-corrected chi connectivity index (χ0v) is 10.2. The molecule has 5 nitrogen and oxygen atoms in total. The first-order valence-corrected chi connectivity index (χ1v) is 5.58. The predicted molar refractivity (Wildman–Crippen MR) is 66.5 cm³/mol. The maximum atomic E-state index is 10.7. The zero-order chi connectivity index (χ0) is 13.1. The van der Waals surface area contributed by atoms with E-state index in [1.807, 2.05) is 19.1 Å². The Labute approximate surface area is 104 Å². The highest BCUT2D eigenvalue weighted by atomic mass is 16.5. The van der Waals surface area contributed by atoms with E-state index in [1.54, 1.807) is 18.3 Å². The zero-order valence-electron chi connectivity index (χ0n) is 10.2. The minimum absolute atomic E-state index is 0.537. The Balaban J connectivity index is 2.16. The van der Waals surface area contributed by atoms with Gasteiger partial charge in [-0.3, -0.25) is 5.10 Å². The molecule has 0 radical (unpaired) electrons. The number of aromatic amines is 1. The lowest BCUT2D eigenvalue weighted by molar-refractivity contribution is -0.144. The van der Waals surface area contributed by atoms with Crippen LogP contribution in [0.15, 0.2) is 30.5 Å². The quantitative estimate of drug-likeness (QED) is 0.867. The third kappa shape index (κ3) is 2.51. The molecule has 0 saturated heterocycles. The lowest BCUT2D eigenvalue weighted by Crippen LogP contribution is -2.22. The van der Waals surface area contributed by atoms with Crippen molar-refractivity contribution in [3.8, 4) is 16.9 Å². The van der Waals surface area contributed by atoms with Crippen LogP contribution in [0.2, 0.25) is 0 Å². The van der Waals surface area contributed by atoms with Gasteiger partial charge >= 0.3 is 5.97 Å². The number of carboxylic acid groups (broad SMARTS) is 1. The molecular formula is C13H14N2O3. The molecule has 0 saturated carbocycles. The average Bonchev–Trinajstić information content (AvgIpc) is 2.76. The van der Waals surface area contributed by atoms with E-state index in [1.165, 1.54) is 6.92 Å². The van der Waals surface area contributed by atoms with Crippen LogP contribution in [0, 0.1) is 6.92 Å². The van der Waals surface area contributed by atoms with Crippen LogP contribution in [-0.2, 0) is 4.79 Å². The van der Waals surface area contributed by atoms with Crippen molar-refractivity contribution < 1.29 is 14.6 Å². The summed E-state index contributed by atoms with van der Waals surface area (Å²) < 4.78 is 5.26. The molecule has 5 heteroatoms. The van der Waals surface area contributed by atoms with Crippen molar-refractivity contribution in [3.63, 3.8) is 0 Å². The van der Waals surface area contributed by atoms with Gasteiger partial charge in [-0.25, -0.2) is 4.79 Å². The number of nitrogens with zero attached hydrogens (tertiary/aromatic N) is 1. The van der Waals surface area contributed by atoms with Crippen molar-refractivity contribution in [2.75, 3.05) is 0 Å². The third-order valence-corrected chi connectivity index (χ3v) is 2.66. The fourth-order valence-corrected chi connectivity index (χ4v) is 1.61. The number of H-pyrrole nitrogens is 1. The Kier molecular flexibility index (Phi) is 3.32. The summed E-state index contributed by atoms with van der Waals surface area (Å²) >= 11 is 0. The fourth-order valence-electron chi connectivity index (χ4n) is 1.61. The van der Waals surface area contributed by atoms with Gasteiger partial charge in [0.05, 0.1) is 6.20 Å². The Bertz CT molecular complexity index is 546. The lowest BCUT2D eigenvalue weighted by Gasteiger charge is -2.10. The van der Waals surface area contributed by atoms with Crippen LogP contribution in [0.4, 0.5) is 0 Å². The van der Waals surface area contributed by atoms with Gasteiger partial charge in [0.2, 0.25) is 0 Å². The molecule has 2 rings (SSSR count). The molecule has 0 fully saturated rings. The third-order valence-electron chi connectivity index (χ3n) is 2.66. The van der Waals surface area contributed by atoms with E-state index in [9.17, 15) is 4.79 Å². The largest absolute Gasteiger partial charge is 0.479 e. The van der Waals surface area contributed by atoms with E-state index < -0.39 is 12.1 Å². The number of aryl methyl sites for hydroxylation is 1. The second kappa shape index (κ2) is 4.91. The van der Waals surface area contributed by atoms with Gasteiger partial charge in [0.25, 0.3) is 0 Å². The first kappa shape index (κ1) is 12.2. The van der Waals surface area contributed by atoms with Crippen molar-refractivity contribution in [3.05, 3.63) is 36.2 Å². The number of hydrogen-bond donors (Lipinski definition) is 2. The van der Waals surface area contributed by atoms with Gasteiger partial charge < -0.3 is 9.84 Å². The van der Waals surface area contributed by atoms with Crippen molar-refractivity contribution in [1.82, 2.24) is 10.2 Å². The van der Waals surface area contributed by atoms with Crippen molar-refractivity contribution in [1.29, 1.82) is 0 Å². The maximum Gasteiger partial charge on any atom is 0.344 e. The van der Waals surface area contributed by atoms with Crippen LogP contribution in [0.25, 0.3) is 11.1 Å². The second-order valence-corrected chi connectivity index (χ2v) is 4.03. The predicted octanol–water partition coefficient (Wildman–Crippen LogP) is 2.24. The van der Waals surface area contributed by atoms with E-state index in [4.69, 9.17) is 9.84 Å². The van der Waals surface area contributed by atoms with Crippen LogP contribution >= 0.6 is 0 Å². The highest BCUT2D eigenvalue weighted by Crippen LogP contribution is 2.24. The molecule has 1 heterocycles. The van der Waals surface area contributed by atoms with Crippen molar-refractivity contribution >= 4 is 5.97 Å². The van der Waals surface area contributed by atoms with Crippen molar-refractivity contribution in [2.45, 2.75) is 20.0 Å². The van der Waals surface area contributed by atoms with E-state index in [2.05, 4.69) is 10.2 Å². The first-order chi connectivity index (χ1) is 8.58. The first-order valence-electron chi connectivity index (χ1n) is 5.58. The molecule has 1 aromatic carbocycles. The van der Waals surface area contributed by atoms with E-state index in [0.717, 1.165) is 16.8 Å². The van der Waals surface area contributed by atoms with E-state index in [-0.39, 0.29) is 0 Å². The Morgan fingerprint density at radius 2 is 2.06 bits per heavy atom. The van der Waals surface area contributed by atoms with Crippen LogP contribution in [0.1, 0.15) is 12.6 Å². The number of carbonyl (C=O) groups is 1. The molecule has 0 amide bonds. The Morgan fingerprint density at radius 1 is 1.39 bits per heavy atom. The molecule has 0 bridgehead atoms. The van der Waals surface area contributed by atoms with Crippen LogP contribution in [0.3, 0.4) is 0 Å². The standard InChI is InChI=1S/C13H14N2O3/c1-8-12(7-14-15-8)10-3-5-11(6-4-10)18-9(2)13(16)17/h3-7,9H,1-2H3,(H,14,15)(H,16,17). The molecule has 1 aromatic heterocycles. The number of nitrogens with one attached hydrogen (secondary N) is 1. The summed E-state index contributed by atoms with van der Waals surface area (Å²) in [6, 6.07) is 7.26. The molecule has 1 unspecified atom stereocenters. The van der Waals surface area contributed by atoms with Crippen LogP contribution < -0.4 is 4.74 Å². The Hall–Kier alpha value is -2.30. The molecule has 94 valence electrons. The number of hydrogen-bond acceptors (Lipinski definition) is 3. The van der Waals surface area contributed by atoms with Gasteiger partial charge in [-0.15, -0.1) is 0 Å². The van der Waals surface area contributed by atoms with Gasteiger partial charge in [0.1, 0.15) is 5.75 Å². The maximum absolute atomic E-state index is 10.7. The molecule has 1 atom stereocenters. The summed E-state index contributed by atoms with van der Waals surface area (Å²) in [4.78, 5) is 10.7. The highest BCUT2D eigenvalue weighted by Gasteiger charge is 2.12.